The molecule has 0 fully saturated rings. The van der Waals surface area contributed by atoms with E-state index in [4.69, 9.17) is 9.15 Å². The summed E-state index contributed by atoms with van der Waals surface area (Å²) in [4.78, 5) is 36.9. The Balaban J connectivity index is 1.89. The summed E-state index contributed by atoms with van der Waals surface area (Å²) in [6, 6.07) is 19.1. The summed E-state index contributed by atoms with van der Waals surface area (Å²) in [6.07, 6.45) is 1.26. The van der Waals surface area contributed by atoms with Gasteiger partial charge in [-0.25, -0.2) is 14.4 Å². The molecule has 7 heteroatoms. The maximum atomic E-state index is 11.7. The van der Waals surface area contributed by atoms with E-state index in [-0.39, 0.29) is 16.4 Å². The van der Waals surface area contributed by atoms with E-state index in [1.807, 2.05) is 66.6 Å². The highest BCUT2D eigenvalue weighted by Gasteiger charge is 2.38. The first kappa shape index (κ1) is 19.9. The number of allylic oxidation sites excluding steroid dienone is 1. The Kier molecular flexibility index (Phi) is 5.92. The molecular formula is C23H12O5S2. The number of rotatable bonds is 5. The molecule has 3 aromatic rings. The van der Waals surface area contributed by atoms with Gasteiger partial charge in [0.05, 0.1) is 17.1 Å². The van der Waals surface area contributed by atoms with Gasteiger partial charge in [-0.1, -0.05) is 59.9 Å². The minimum atomic E-state index is -0.749. The molecule has 1 aromatic heterocycles. The van der Waals surface area contributed by atoms with E-state index >= 15 is 0 Å². The lowest BCUT2D eigenvalue weighted by molar-refractivity contribution is 0.348. The van der Waals surface area contributed by atoms with Crippen LogP contribution in [0.4, 0.5) is 0 Å². The average molecular weight is 432 g/mol. The van der Waals surface area contributed by atoms with Crippen molar-refractivity contribution in [1.82, 2.24) is 0 Å². The molecule has 2 aromatic carbocycles. The highest BCUT2D eigenvalue weighted by atomic mass is 32.2. The molecule has 0 N–H and O–H groups in total. The van der Waals surface area contributed by atoms with Crippen molar-refractivity contribution in [3.05, 3.63) is 98.9 Å². The molecule has 0 saturated heterocycles. The first-order valence-electron chi connectivity index (χ1n) is 8.75. The van der Waals surface area contributed by atoms with Crippen LogP contribution in [0.2, 0.25) is 0 Å². The van der Waals surface area contributed by atoms with Crippen molar-refractivity contribution >= 4 is 41.3 Å². The minimum absolute atomic E-state index is 0.0124. The third-order valence-electron chi connectivity index (χ3n) is 4.28. The zero-order chi connectivity index (χ0) is 20.9. The normalized spacial score (nSPS) is 15.3. The molecule has 4 rings (SSSR count). The van der Waals surface area contributed by atoms with Crippen LogP contribution in [0.1, 0.15) is 11.5 Å². The van der Waals surface area contributed by atoms with Crippen LogP contribution in [-0.4, -0.2) is 17.8 Å². The lowest BCUT2D eigenvalue weighted by Gasteiger charge is -2.10. The molecule has 146 valence electrons. The first-order valence-corrected chi connectivity index (χ1v) is 10.4. The number of thioether (sulfide) groups is 2. The monoisotopic (exact) mass is 432 g/mol. The smallest absolute Gasteiger partial charge is 0.228 e. The molecular weight excluding hydrogens is 420 g/mol. The molecule has 0 radical (unpaired) electrons. The third kappa shape index (κ3) is 3.85. The van der Waals surface area contributed by atoms with Crippen molar-refractivity contribution in [2.75, 3.05) is 0 Å². The van der Waals surface area contributed by atoms with E-state index in [0.717, 1.165) is 9.79 Å². The summed E-state index contributed by atoms with van der Waals surface area (Å²) in [5.41, 5.74) is 0.0438. The fourth-order valence-corrected chi connectivity index (χ4v) is 5.09. The summed E-state index contributed by atoms with van der Waals surface area (Å²) >= 11 is 2.75. The zero-order valence-electron chi connectivity index (χ0n) is 15.3. The maximum Gasteiger partial charge on any atom is 0.228 e. The van der Waals surface area contributed by atoms with Gasteiger partial charge >= 0.3 is 0 Å². The van der Waals surface area contributed by atoms with Crippen LogP contribution in [0.25, 0.3) is 0 Å². The Morgan fingerprint density at radius 3 is 1.97 bits per heavy atom. The van der Waals surface area contributed by atoms with Crippen LogP contribution < -0.4 is 10.6 Å². The fourth-order valence-electron chi connectivity index (χ4n) is 2.96. The first-order chi connectivity index (χ1) is 14.7. The Labute approximate surface area is 179 Å². The van der Waals surface area contributed by atoms with E-state index in [9.17, 15) is 14.4 Å². The number of ether oxygens (including phenoxy) is 1. The van der Waals surface area contributed by atoms with Crippen molar-refractivity contribution < 1.29 is 23.5 Å². The maximum absolute atomic E-state index is 11.7. The van der Waals surface area contributed by atoms with Gasteiger partial charge in [0, 0.05) is 15.4 Å². The predicted molar refractivity (Wildman–Crippen MR) is 112 cm³/mol. The largest absolute Gasteiger partial charge is 0.451 e. The molecule has 0 bridgehead atoms. The summed E-state index contributed by atoms with van der Waals surface area (Å²) in [5.74, 6) is 4.37. The third-order valence-corrected chi connectivity index (χ3v) is 6.55. The van der Waals surface area contributed by atoms with Crippen LogP contribution in [-0.2, 0) is 19.1 Å². The van der Waals surface area contributed by atoms with Crippen LogP contribution in [0.5, 0.6) is 0 Å². The standard InChI is InChI=1S/C23H12O5S2/c24-11-17-18(14-27-19(17)12-25)21-20(13-26)28-23(30-16-9-5-2-6-10-16)22(21)29-15-7-3-1-4-8-15/h1-10,14,21H. The van der Waals surface area contributed by atoms with E-state index in [1.54, 1.807) is 11.9 Å². The van der Waals surface area contributed by atoms with Crippen LogP contribution >= 0.6 is 23.5 Å². The molecule has 1 atom stereocenters. The van der Waals surface area contributed by atoms with Gasteiger partial charge in [-0.2, -0.15) is 0 Å². The lowest BCUT2D eigenvalue weighted by atomic mass is 10.00. The highest BCUT2D eigenvalue weighted by molar-refractivity contribution is 8.06. The summed E-state index contributed by atoms with van der Waals surface area (Å²) in [6.45, 7) is 0. The molecule has 0 amide bonds. The van der Waals surface area contributed by atoms with Crippen molar-refractivity contribution in [3.63, 3.8) is 0 Å². The van der Waals surface area contributed by atoms with Crippen molar-refractivity contribution in [2.24, 2.45) is 0 Å². The fraction of sp³-hybridized carbons (Fsp3) is 0.0435. The van der Waals surface area contributed by atoms with E-state index in [0.29, 0.717) is 15.6 Å². The summed E-state index contributed by atoms with van der Waals surface area (Å²) in [5, 5.41) is 0.413. The number of carbonyl (C=O) groups excluding carboxylic acids is 3. The van der Waals surface area contributed by atoms with Gasteiger partial charge in [-0.05, 0) is 24.3 Å². The second-order valence-electron chi connectivity index (χ2n) is 6.08. The molecule has 5 nitrogen and oxygen atoms in total. The topological polar surface area (TPSA) is 73.6 Å². The Hall–Kier alpha value is -3.43. The summed E-state index contributed by atoms with van der Waals surface area (Å²) < 4.78 is 11.0. The van der Waals surface area contributed by atoms with Gasteiger partial charge in [0.25, 0.3) is 0 Å². The van der Waals surface area contributed by atoms with Gasteiger partial charge in [-0.15, -0.1) is 0 Å². The molecule has 1 aliphatic rings. The quantitative estimate of drug-likeness (QED) is 0.574. The lowest BCUT2D eigenvalue weighted by Crippen LogP contribution is -2.27. The molecule has 2 heterocycles. The molecule has 1 aliphatic heterocycles. The minimum Gasteiger partial charge on any atom is -0.451 e. The second kappa shape index (κ2) is 8.93. The van der Waals surface area contributed by atoms with E-state index in [2.05, 4.69) is 0 Å². The molecule has 0 aliphatic carbocycles. The van der Waals surface area contributed by atoms with Crippen molar-refractivity contribution in [1.29, 1.82) is 0 Å². The predicted octanol–water partition coefficient (Wildman–Crippen LogP) is 2.87. The van der Waals surface area contributed by atoms with Crippen LogP contribution in [0, 0.1) is 0 Å². The highest BCUT2D eigenvalue weighted by Crippen LogP contribution is 2.52. The van der Waals surface area contributed by atoms with E-state index < -0.39 is 5.92 Å². The number of hydrogen-bond donors (Lipinski definition) is 0. The Morgan fingerprint density at radius 2 is 1.40 bits per heavy atom. The Morgan fingerprint density at radius 1 is 0.767 bits per heavy atom. The van der Waals surface area contributed by atoms with Gasteiger partial charge in [0.15, 0.2) is 17.0 Å². The SMILES string of the molecule is O=C=C1OC(Sc2ccccc2)=C(Sc2ccccc2)C1c1coc(=C=O)c1=C=O. The molecule has 30 heavy (non-hydrogen) atoms. The van der Waals surface area contributed by atoms with Gasteiger partial charge < -0.3 is 9.15 Å². The van der Waals surface area contributed by atoms with Crippen LogP contribution in [0.15, 0.2) is 96.9 Å². The number of furan rings is 1. The van der Waals surface area contributed by atoms with Gasteiger partial charge in [0.1, 0.15) is 11.2 Å². The molecule has 0 saturated carbocycles. The molecule has 0 spiro atoms. The Bertz CT molecular complexity index is 1330. The zero-order valence-corrected chi connectivity index (χ0v) is 16.9. The molecule has 1 unspecified atom stereocenters. The summed E-state index contributed by atoms with van der Waals surface area (Å²) in [7, 11) is 0. The number of benzene rings is 2. The second-order valence-corrected chi connectivity index (χ2v) is 8.24. The van der Waals surface area contributed by atoms with Gasteiger partial charge in [-0.3, -0.25) is 0 Å². The van der Waals surface area contributed by atoms with Gasteiger partial charge in [0.2, 0.25) is 11.2 Å². The van der Waals surface area contributed by atoms with Crippen molar-refractivity contribution in [3.8, 4) is 0 Å². The average Bonchev–Trinajstić information content (AvgIpc) is 3.35. The number of hydrogen-bond acceptors (Lipinski definition) is 7. The van der Waals surface area contributed by atoms with Crippen molar-refractivity contribution in [2.45, 2.75) is 15.7 Å². The van der Waals surface area contributed by atoms with E-state index in [1.165, 1.54) is 29.8 Å². The van der Waals surface area contributed by atoms with Crippen LogP contribution in [0.3, 0.4) is 0 Å².